The van der Waals surface area contributed by atoms with Crippen LogP contribution < -0.4 is 5.32 Å². The molecule has 0 spiro atoms. The van der Waals surface area contributed by atoms with Gasteiger partial charge in [0.2, 0.25) is 0 Å². The van der Waals surface area contributed by atoms with Gasteiger partial charge in [-0.15, -0.1) is 0 Å². The van der Waals surface area contributed by atoms with E-state index in [1.807, 2.05) is 66.7 Å². The van der Waals surface area contributed by atoms with E-state index < -0.39 is 6.10 Å². The molecular weight excluding hydrogens is 294 g/mol. The highest BCUT2D eigenvalue weighted by molar-refractivity contribution is 5.27. The first-order valence-corrected chi connectivity index (χ1v) is 8.34. The number of aliphatic hydroxyl groups is 1. The minimum absolute atomic E-state index is 0.134. The fourth-order valence-electron chi connectivity index (χ4n) is 2.98. The summed E-state index contributed by atoms with van der Waals surface area (Å²) in [6, 6.07) is 30.2. The van der Waals surface area contributed by atoms with Crippen LogP contribution in [0, 0.1) is 0 Å². The second kappa shape index (κ2) is 7.91. The van der Waals surface area contributed by atoms with Gasteiger partial charge in [0.25, 0.3) is 0 Å². The summed E-state index contributed by atoms with van der Waals surface area (Å²) in [5.41, 5.74) is 3.20. The molecule has 122 valence electrons. The average molecular weight is 317 g/mol. The van der Waals surface area contributed by atoms with E-state index in [0.29, 0.717) is 0 Å². The van der Waals surface area contributed by atoms with E-state index in [0.717, 1.165) is 11.1 Å². The van der Waals surface area contributed by atoms with Crippen LogP contribution >= 0.6 is 0 Å². The molecule has 0 radical (unpaired) electrons. The maximum absolute atomic E-state index is 11.0. The topological polar surface area (TPSA) is 32.3 Å². The number of hydrogen-bond acceptors (Lipinski definition) is 2. The lowest BCUT2D eigenvalue weighted by molar-refractivity contribution is 0.123. The first-order valence-electron chi connectivity index (χ1n) is 8.34. The molecule has 0 bridgehead atoms. The zero-order valence-corrected chi connectivity index (χ0v) is 13.8. The molecule has 0 heterocycles. The summed E-state index contributed by atoms with van der Waals surface area (Å²) in [4.78, 5) is 0. The van der Waals surface area contributed by atoms with Crippen molar-refractivity contribution in [1.29, 1.82) is 0 Å². The molecule has 0 saturated heterocycles. The quantitative estimate of drug-likeness (QED) is 0.683. The molecule has 0 aromatic heterocycles. The Morgan fingerprint density at radius 1 is 0.625 bits per heavy atom. The zero-order valence-electron chi connectivity index (χ0n) is 13.8. The molecule has 2 N–H and O–H groups in total. The van der Waals surface area contributed by atoms with Crippen molar-refractivity contribution in [1.82, 2.24) is 5.32 Å². The lowest BCUT2D eigenvalue weighted by atomic mass is 9.94. The van der Waals surface area contributed by atoms with Gasteiger partial charge in [0.05, 0.1) is 12.1 Å². The van der Waals surface area contributed by atoms with Crippen LogP contribution in [-0.4, -0.2) is 5.11 Å². The van der Waals surface area contributed by atoms with E-state index in [2.05, 4.69) is 36.5 Å². The maximum atomic E-state index is 11.0. The standard InChI is InChI=1S/C22H23NO/c1-17(18-11-5-2-6-12-18)23-21(19-13-7-3-8-14-19)22(24)20-15-9-4-10-16-20/h2-17,21-24H,1H3. The molecule has 24 heavy (non-hydrogen) atoms. The van der Waals surface area contributed by atoms with Crippen molar-refractivity contribution in [2.75, 3.05) is 0 Å². The number of hydrogen-bond donors (Lipinski definition) is 2. The van der Waals surface area contributed by atoms with Crippen LogP contribution in [0.1, 0.15) is 41.8 Å². The van der Waals surface area contributed by atoms with Crippen molar-refractivity contribution in [3.8, 4) is 0 Å². The lowest BCUT2D eigenvalue weighted by Crippen LogP contribution is -2.29. The molecule has 2 nitrogen and oxygen atoms in total. The Bertz CT molecular complexity index is 728. The van der Waals surface area contributed by atoms with Crippen molar-refractivity contribution in [2.45, 2.75) is 25.1 Å². The van der Waals surface area contributed by atoms with Gasteiger partial charge in [-0.25, -0.2) is 0 Å². The monoisotopic (exact) mass is 317 g/mol. The van der Waals surface area contributed by atoms with Gasteiger partial charge in [0.1, 0.15) is 0 Å². The summed E-state index contributed by atoms with van der Waals surface area (Å²) in [6.07, 6.45) is -0.611. The van der Waals surface area contributed by atoms with E-state index in [-0.39, 0.29) is 12.1 Å². The smallest absolute Gasteiger partial charge is 0.0984 e. The van der Waals surface area contributed by atoms with Crippen molar-refractivity contribution in [2.24, 2.45) is 0 Å². The van der Waals surface area contributed by atoms with E-state index in [1.54, 1.807) is 0 Å². The molecule has 3 aromatic carbocycles. The fraction of sp³-hybridized carbons (Fsp3) is 0.182. The molecule has 0 aliphatic carbocycles. The van der Waals surface area contributed by atoms with Gasteiger partial charge >= 0.3 is 0 Å². The van der Waals surface area contributed by atoms with Crippen molar-refractivity contribution in [3.63, 3.8) is 0 Å². The Morgan fingerprint density at radius 3 is 1.54 bits per heavy atom. The van der Waals surface area contributed by atoms with Gasteiger partial charge in [-0.2, -0.15) is 0 Å². The van der Waals surface area contributed by atoms with E-state index in [9.17, 15) is 5.11 Å². The van der Waals surface area contributed by atoms with Crippen LogP contribution in [0.5, 0.6) is 0 Å². The Balaban J connectivity index is 1.88. The van der Waals surface area contributed by atoms with Gasteiger partial charge in [-0.3, -0.25) is 0 Å². The van der Waals surface area contributed by atoms with E-state index in [1.165, 1.54) is 5.56 Å². The highest BCUT2D eigenvalue weighted by Gasteiger charge is 2.24. The lowest BCUT2D eigenvalue weighted by Gasteiger charge is -2.28. The van der Waals surface area contributed by atoms with Gasteiger partial charge in [0, 0.05) is 6.04 Å². The third kappa shape index (κ3) is 3.91. The molecule has 0 aliphatic rings. The van der Waals surface area contributed by atoms with Crippen LogP contribution in [0.2, 0.25) is 0 Å². The molecule has 0 aliphatic heterocycles. The predicted octanol–water partition coefficient (Wildman–Crippen LogP) is 4.81. The van der Waals surface area contributed by atoms with Gasteiger partial charge in [-0.1, -0.05) is 91.0 Å². The summed E-state index contributed by atoms with van der Waals surface area (Å²) < 4.78 is 0. The van der Waals surface area contributed by atoms with Crippen LogP contribution in [0.15, 0.2) is 91.0 Å². The normalized spacial score (nSPS) is 14.8. The predicted molar refractivity (Wildman–Crippen MR) is 98.6 cm³/mol. The highest BCUT2D eigenvalue weighted by atomic mass is 16.3. The molecule has 3 unspecified atom stereocenters. The number of rotatable bonds is 6. The molecule has 2 heteroatoms. The zero-order chi connectivity index (χ0) is 16.8. The second-order valence-electron chi connectivity index (χ2n) is 6.04. The maximum Gasteiger partial charge on any atom is 0.0984 e. The average Bonchev–Trinajstić information content (AvgIpc) is 2.67. The van der Waals surface area contributed by atoms with Crippen LogP contribution in [0.25, 0.3) is 0 Å². The Hall–Kier alpha value is -2.42. The summed E-state index contributed by atoms with van der Waals surface area (Å²) >= 11 is 0. The summed E-state index contributed by atoms with van der Waals surface area (Å²) in [7, 11) is 0. The van der Waals surface area contributed by atoms with E-state index >= 15 is 0 Å². The fourth-order valence-corrected chi connectivity index (χ4v) is 2.98. The first kappa shape index (κ1) is 16.4. The number of benzene rings is 3. The first-order chi connectivity index (χ1) is 11.8. The molecule has 3 atom stereocenters. The van der Waals surface area contributed by atoms with Gasteiger partial charge in [0.15, 0.2) is 0 Å². The largest absolute Gasteiger partial charge is 0.386 e. The summed E-state index contributed by atoms with van der Waals surface area (Å²) in [5.74, 6) is 0. The minimum Gasteiger partial charge on any atom is -0.386 e. The van der Waals surface area contributed by atoms with Crippen LogP contribution in [-0.2, 0) is 0 Å². The Morgan fingerprint density at radius 2 is 1.04 bits per heavy atom. The highest BCUT2D eigenvalue weighted by Crippen LogP contribution is 2.31. The van der Waals surface area contributed by atoms with Crippen LogP contribution in [0.4, 0.5) is 0 Å². The SMILES string of the molecule is CC(NC(c1ccccc1)C(O)c1ccccc1)c1ccccc1. The third-order valence-electron chi connectivity index (χ3n) is 4.34. The Kier molecular flexibility index (Phi) is 5.42. The van der Waals surface area contributed by atoms with Crippen molar-refractivity contribution >= 4 is 0 Å². The molecule has 3 aromatic rings. The second-order valence-corrected chi connectivity index (χ2v) is 6.04. The molecule has 0 fully saturated rings. The molecule has 0 amide bonds. The molecule has 0 saturated carbocycles. The summed E-state index contributed by atoms with van der Waals surface area (Å²) in [5, 5.41) is 14.6. The third-order valence-corrected chi connectivity index (χ3v) is 4.34. The van der Waals surface area contributed by atoms with Gasteiger partial charge < -0.3 is 10.4 Å². The van der Waals surface area contributed by atoms with E-state index in [4.69, 9.17) is 0 Å². The Labute approximate surface area is 143 Å². The summed E-state index contributed by atoms with van der Waals surface area (Å²) in [6.45, 7) is 2.13. The molecular formula is C22H23NO. The van der Waals surface area contributed by atoms with Crippen molar-refractivity contribution in [3.05, 3.63) is 108 Å². The van der Waals surface area contributed by atoms with Gasteiger partial charge in [-0.05, 0) is 23.6 Å². The minimum atomic E-state index is -0.611. The number of nitrogens with one attached hydrogen (secondary N) is 1. The van der Waals surface area contributed by atoms with Crippen molar-refractivity contribution < 1.29 is 5.11 Å². The number of aliphatic hydroxyl groups excluding tert-OH is 1. The van der Waals surface area contributed by atoms with Crippen LogP contribution in [0.3, 0.4) is 0 Å². The molecule has 3 rings (SSSR count).